The van der Waals surface area contributed by atoms with E-state index in [1.165, 1.54) is 48.6 Å². The van der Waals surface area contributed by atoms with E-state index in [1.807, 2.05) is 24.3 Å². The molecule has 0 radical (unpaired) electrons. The van der Waals surface area contributed by atoms with Crippen molar-refractivity contribution in [2.24, 2.45) is 0 Å². The first kappa shape index (κ1) is 33.8. The number of fused-ring (bicyclic) bond motifs is 3. The number of allylic oxidation sites excluding steroid dienone is 2. The summed E-state index contributed by atoms with van der Waals surface area (Å²) >= 11 is 0. The van der Waals surface area contributed by atoms with Crippen molar-refractivity contribution in [2.45, 2.75) is 30.3 Å². The maximum absolute atomic E-state index is 13.2. The Morgan fingerprint density at radius 2 is 0.936 bits per heavy atom. The zero-order valence-electron chi connectivity index (χ0n) is 24.4. The van der Waals surface area contributed by atoms with Crippen LogP contribution in [-0.2, 0) is 25.7 Å². The minimum absolute atomic E-state index is 0.0102. The van der Waals surface area contributed by atoms with Crippen LogP contribution >= 0.6 is 0 Å². The third kappa shape index (κ3) is 5.80. The van der Waals surface area contributed by atoms with Gasteiger partial charge >= 0.3 is 31.3 Å². The molecule has 0 saturated heterocycles. The molecule has 0 atom stereocenters. The lowest BCUT2D eigenvalue weighted by Crippen LogP contribution is -2.30. The number of halogens is 6. The molecule has 47 heavy (non-hydrogen) atoms. The Bertz CT molecular complexity index is 1980. The molecule has 0 unspecified atom stereocenters. The number of hydrogen-bond acceptors (Lipinski definition) is 6. The molecule has 1 aliphatic carbocycles. The van der Waals surface area contributed by atoms with E-state index in [2.05, 4.69) is 8.37 Å². The summed E-state index contributed by atoms with van der Waals surface area (Å²) in [5.41, 5.74) is -8.88. The van der Waals surface area contributed by atoms with Crippen molar-refractivity contribution < 1.29 is 51.5 Å². The predicted octanol–water partition coefficient (Wildman–Crippen LogP) is 8.57. The molecule has 0 amide bonds. The minimum atomic E-state index is -6.02. The highest BCUT2D eigenvalue weighted by Gasteiger charge is 2.51. The fourth-order valence-electron chi connectivity index (χ4n) is 5.69. The molecule has 4 aromatic rings. The Kier molecular flexibility index (Phi) is 8.56. The first-order valence-electron chi connectivity index (χ1n) is 13.7. The van der Waals surface area contributed by atoms with E-state index in [9.17, 15) is 43.2 Å². The first-order valence-corrected chi connectivity index (χ1v) is 16.5. The highest BCUT2D eigenvalue weighted by atomic mass is 32.2. The third-order valence-corrected chi connectivity index (χ3v) is 9.43. The van der Waals surface area contributed by atoms with Gasteiger partial charge in [0, 0.05) is 11.1 Å². The van der Waals surface area contributed by atoms with Gasteiger partial charge in [-0.1, -0.05) is 85.0 Å². The molecule has 0 N–H and O–H groups in total. The zero-order valence-corrected chi connectivity index (χ0v) is 26.1. The van der Waals surface area contributed by atoms with Crippen LogP contribution in [0.25, 0.3) is 23.3 Å². The molecule has 14 heteroatoms. The Morgan fingerprint density at radius 1 is 0.574 bits per heavy atom. The van der Waals surface area contributed by atoms with Gasteiger partial charge in [0.2, 0.25) is 0 Å². The Labute approximate surface area is 266 Å². The van der Waals surface area contributed by atoms with Gasteiger partial charge in [0.25, 0.3) is 0 Å². The van der Waals surface area contributed by atoms with E-state index in [-0.39, 0.29) is 11.1 Å². The third-order valence-electron chi connectivity index (χ3n) is 7.50. The van der Waals surface area contributed by atoms with Gasteiger partial charge in [-0.2, -0.15) is 43.2 Å². The highest BCUT2D eigenvalue weighted by Crippen LogP contribution is 2.57. The van der Waals surface area contributed by atoms with Crippen molar-refractivity contribution in [1.29, 1.82) is 0 Å². The highest BCUT2D eigenvalue weighted by molar-refractivity contribution is 7.88. The minimum Gasteiger partial charge on any atom is -0.375 e. The van der Waals surface area contributed by atoms with Crippen molar-refractivity contribution in [3.63, 3.8) is 0 Å². The quantitative estimate of drug-likeness (QED) is 0.0919. The largest absolute Gasteiger partial charge is 0.534 e. The number of alkyl halides is 6. The molecule has 0 saturated carbocycles. The first-order chi connectivity index (χ1) is 22.0. The van der Waals surface area contributed by atoms with Crippen LogP contribution < -0.4 is 8.37 Å². The molecule has 1 aliphatic rings. The lowest BCUT2D eigenvalue weighted by molar-refractivity contribution is -0.0504. The van der Waals surface area contributed by atoms with Crippen LogP contribution in [0.1, 0.15) is 47.2 Å². The van der Waals surface area contributed by atoms with Crippen molar-refractivity contribution >= 4 is 32.4 Å². The van der Waals surface area contributed by atoms with Crippen LogP contribution in [0.15, 0.2) is 97.1 Å². The summed E-state index contributed by atoms with van der Waals surface area (Å²) in [6, 6.07) is 22.4. The van der Waals surface area contributed by atoms with Gasteiger partial charge < -0.3 is 8.37 Å². The Balaban J connectivity index is 1.84. The fourth-order valence-corrected chi connectivity index (χ4v) is 6.65. The molecular weight excluding hydrogens is 670 g/mol. The predicted molar refractivity (Wildman–Crippen MR) is 164 cm³/mol. The van der Waals surface area contributed by atoms with Gasteiger partial charge in [0.15, 0.2) is 0 Å². The molecule has 0 aliphatic heterocycles. The van der Waals surface area contributed by atoms with Gasteiger partial charge in [0.05, 0.1) is 5.41 Å². The lowest BCUT2D eigenvalue weighted by atomic mass is 9.67. The fraction of sp³-hybridized carbons (Fsp3) is 0.152. The van der Waals surface area contributed by atoms with Crippen molar-refractivity contribution in [2.75, 3.05) is 0 Å². The lowest BCUT2D eigenvalue weighted by Gasteiger charge is -2.34. The topological polar surface area (TPSA) is 86.7 Å². The van der Waals surface area contributed by atoms with Gasteiger partial charge in [-0.05, 0) is 71.5 Å². The van der Waals surface area contributed by atoms with E-state index in [4.69, 9.17) is 0 Å². The van der Waals surface area contributed by atoms with Gasteiger partial charge in [-0.3, -0.25) is 0 Å². The van der Waals surface area contributed by atoms with E-state index >= 15 is 0 Å². The van der Waals surface area contributed by atoms with Gasteiger partial charge in [0.1, 0.15) is 11.5 Å². The summed E-state index contributed by atoms with van der Waals surface area (Å²) in [6.45, 7) is 3.14. The Hall–Kier alpha value is -4.56. The summed E-state index contributed by atoms with van der Waals surface area (Å²) in [6.07, 6.45) is 5.70. The summed E-state index contributed by atoms with van der Waals surface area (Å²) in [5, 5.41) is 0. The maximum Gasteiger partial charge on any atom is 0.534 e. The Morgan fingerprint density at radius 3 is 1.28 bits per heavy atom. The molecule has 0 fully saturated rings. The smallest absolute Gasteiger partial charge is 0.375 e. The second kappa shape index (κ2) is 11.9. The summed E-state index contributed by atoms with van der Waals surface area (Å²) in [4.78, 5) is 0. The van der Waals surface area contributed by atoms with Crippen LogP contribution in [0.5, 0.6) is 11.5 Å². The van der Waals surface area contributed by atoms with Crippen LogP contribution in [-0.4, -0.2) is 27.9 Å². The molecule has 4 aromatic carbocycles. The zero-order chi connectivity index (χ0) is 34.4. The van der Waals surface area contributed by atoms with E-state index in [0.717, 1.165) is 23.3 Å². The summed E-state index contributed by atoms with van der Waals surface area (Å²) in [7, 11) is -12.0. The van der Waals surface area contributed by atoms with Crippen molar-refractivity contribution in [1.82, 2.24) is 0 Å². The standard InChI is InChI=1S/C33H24F6O6S2/c1-3-9-21-19-23(15-17-29(21)44-46(40,41)32(34,35)36)31(27-13-7-5-11-25(27)26-12-6-8-14-28(26)31)24-16-18-30(22(20-24)10-4-2)45-47(42,43)33(37,38)39/h3-20H,1-2H3/b9-3-,10-4-. The van der Waals surface area contributed by atoms with E-state index in [0.29, 0.717) is 22.3 Å². The molecule has 0 bridgehead atoms. The number of hydrogen-bond donors (Lipinski definition) is 0. The number of benzene rings is 4. The molecule has 0 heterocycles. The molecule has 0 aromatic heterocycles. The molecule has 0 spiro atoms. The van der Waals surface area contributed by atoms with Gasteiger partial charge in [-0.15, -0.1) is 0 Å². The molecule has 246 valence electrons. The number of rotatable bonds is 8. The van der Waals surface area contributed by atoms with Crippen molar-refractivity contribution in [3.05, 3.63) is 130 Å². The molecular formula is C33H24F6O6S2. The second-order valence-corrected chi connectivity index (χ2v) is 13.4. The molecule has 6 nitrogen and oxygen atoms in total. The van der Waals surface area contributed by atoms with Gasteiger partial charge in [-0.25, -0.2) is 0 Å². The average Bonchev–Trinajstić information content (AvgIpc) is 3.29. The van der Waals surface area contributed by atoms with Crippen LogP contribution in [0, 0.1) is 0 Å². The summed E-state index contributed by atoms with van der Waals surface area (Å²) < 4.78 is 136. The van der Waals surface area contributed by atoms with Crippen LogP contribution in [0.4, 0.5) is 26.3 Å². The summed E-state index contributed by atoms with van der Waals surface area (Å²) in [5.74, 6) is -1.18. The maximum atomic E-state index is 13.2. The second-order valence-electron chi connectivity index (χ2n) is 10.3. The van der Waals surface area contributed by atoms with E-state index < -0.39 is 48.2 Å². The van der Waals surface area contributed by atoms with Crippen LogP contribution in [0.3, 0.4) is 0 Å². The average molecular weight is 695 g/mol. The van der Waals surface area contributed by atoms with Crippen LogP contribution in [0.2, 0.25) is 0 Å². The monoisotopic (exact) mass is 694 g/mol. The SMILES string of the molecule is C/C=C\c1cc(C2(c3ccc(OS(=O)(=O)C(F)(F)F)c(/C=C\C)c3)c3ccccc3-c3ccccc32)ccc1OS(=O)(=O)C(F)(F)F. The van der Waals surface area contributed by atoms with Crippen molar-refractivity contribution in [3.8, 4) is 22.6 Å². The normalized spacial score (nSPS) is 14.7. The molecule has 5 rings (SSSR count). The van der Waals surface area contributed by atoms with E-state index in [1.54, 1.807) is 38.1 Å².